The molecular formula is C10H17NOS. The Morgan fingerprint density at radius 1 is 1.54 bits per heavy atom. The molecule has 1 aromatic rings. The number of aryl methyl sites for hydroxylation is 1. The summed E-state index contributed by atoms with van der Waals surface area (Å²) in [5.74, 6) is 2.00. The number of thioether (sulfide) groups is 1. The molecule has 1 heterocycles. The predicted molar refractivity (Wildman–Crippen MR) is 58.1 cm³/mol. The quantitative estimate of drug-likeness (QED) is 0.788. The van der Waals surface area contributed by atoms with Gasteiger partial charge >= 0.3 is 0 Å². The lowest BCUT2D eigenvalue weighted by molar-refractivity contribution is 0.463. The van der Waals surface area contributed by atoms with E-state index < -0.39 is 0 Å². The molecule has 1 N–H and O–H groups in total. The van der Waals surface area contributed by atoms with Gasteiger partial charge in [-0.2, -0.15) is 11.8 Å². The van der Waals surface area contributed by atoms with Crippen LogP contribution in [0.4, 0.5) is 0 Å². The minimum Gasteiger partial charge on any atom is -0.465 e. The lowest BCUT2D eigenvalue weighted by Crippen LogP contribution is -2.21. The molecule has 1 aromatic heterocycles. The highest BCUT2D eigenvalue weighted by atomic mass is 32.2. The van der Waals surface area contributed by atoms with E-state index in [2.05, 4.69) is 18.5 Å². The lowest BCUT2D eigenvalue weighted by atomic mass is 10.4. The van der Waals surface area contributed by atoms with E-state index in [4.69, 9.17) is 4.42 Å². The monoisotopic (exact) mass is 199 g/mol. The molecule has 1 unspecified atom stereocenters. The van der Waals surface area contributed by atoms with Crippen LogP contribution in [0.2, 0.25) is 0 Å². The van der Waals surface area contributed by atoms with Gasteiger partial charge in [-0.25, -0.2) is 0 Å². The Morgan fingerprint density at radius 2 is 2.31 bits per heavy atom. The second kappa shape index (κ2) is 5.35. The maximum absolute atomic E-state index is 5.43. The van der Waals surface area contributed by atoms with Gasteiger partial charge in [0.25, 0.3) is 0 Å². The van der Waals surface area contributed by atoms with Crippen molar-refractivity contribution in [3.8, 4) is 0 Å². The summed E-state index contributed by atoms with van der Waals surface area (Å²) in [6.07, 6.45) is 2.13. The van der Waals surface area contributed by atoms with Crippen LogP contribution >= 0.6 is 11.8 Å². The zero-order valence-electron chi connectivity index (χ0n) is 8.46. The molecular weight excluding hydrogens is 182 g/mol. The van der Waals surface area contributed by atoms with Crippen LogP contribution in [0.1, 0.15) is 18.4 Å². The number of nitrogens with one attached hydrogen (secondary N) is 1. The summed E-state index contributed by atoms with van der Waals surface area (Å²) in [6, 6.07) is 4.01. The van der Waals surface area contributed by atoms with Gasteiger partial charge in [0.15, 0.2) is 0 Å². The van der Waals surface area contributed by atoms with Crippen LogP contribution in [-0.2, 0) is 6.54 Å². The molecule has 0 aliphatic rings. The minimum atomic E-state index is 0.663. The van der Waals surface area contributed by atoms with Gasteiger partial charge in [-0.1, -0.05) is 6.92 Å². The topological polar surface area (TPSA) is 25.2 Å². The largest absolute Gasteiger partial charge is 0.465 e. The van der Waals surface area contributed by atoms with Crippen LogP contribution in [0.15, 0.2) is 16.5 Å². The van der Waals surface area contributed by atoms with Crippen molar-refractivity contribution in [1.29, 1.82) is 0 Å². The summed E-state index contributed by atoms with van der Waals surface area (Å²) in [7, 11) is 0. The summed E-state index contributed by atoms with van der Waals surface area (Å²) in [4.78, 5) is 0. The molecule has 3 heteroatoms. The number of rotatable bonds is 5. The molecule has 0 radical (unpaired) electrons. The van der Waals surface area contributed by atoms with Crippen LogP contribution in [0, 0.1) is 6.92 Å². The molecule has 13 heavy (non-hydrogen) atoms. The third-order valence-corrected chi connectivity index (χ3v) is 2.90. The molecule has 0 aliphatic heterocycles. The van der Waals surface area contributed by atoms with Crippen LogP contribution < -0.4 is 5.32 Å². The van der Waals surface area contributed by atoms with E-state index in [0.29, 0.717) is 5.25 Å². The van der Waals surface area contributed by atoms with Gasteiger partial charge in [-0.3, -0.25) is 0 Å². The number of hydrogen-bond donors (Lipinski definition) is 1. The smallest absolute Gasteiger partial charge is 0.117 e. The fourth-order valence-electron chi connectivity index (χ4n) is 1.06. The van der Waals surface area contributed by atoms with Crippen LogP contribution in [0.5, 0.6) is 0 Å². The Labute approximate surface area is 84.1 Å². The standard InChI is InChI=1S/C10H17NOS/c1-8-4-5-10(12-8)7-11-6-9(2)13-3/h4-5,9,11H,6-7H2,1-3H3. The first kappa shape index (κ1) is 10.7. The van der Waals surface area contributed by atoms with Gasteiger partial charge in [0.2, 0.25) is 0 Å². The molecule has 0 fully saturated rings. The highest BCUT2D eigenvalue weighted by molar-refractivity contribution is 7.99. The summed E-state index contributed by atoms with van der Waals surface area (Å²) in [6.45, 7) is 6.04. The maximum atomic E-state index is 5.43. The highest BCUT2D eigenvalue weighted by Crippen LogP contribution is 2.06. The average molecular weight is 199 g/mol. The van der Waals surface area contributed by atoms with E-state index >= 15 is 0 Å². The molecule has 0 amide bonds. The molecule has 0 saturated heterocycles. The van der Waals surface area contributed by atoms with Gasteiger partial charge in [0.1, 0.15) is 11.5 Å². The number of furan rings is 1. The Morgan fingerprint density at radius 3 is 2.85 bits per heavy atom. The molecule has 0 aliphatic carbocycles. The van der Waals surface area contributed by atoms with Gasteiger partial charge in [0, 0.05) is 11.8 Å². The Bertz CT molecular complexity index is 247. The average Bonchev–Trinajstić information content (AvgIpc) is 2.51. The van der Waals surface area contributed by atoms with Crippen LogP contribution in [-0.4, -0.2) is 18.1 Å². The fourth-order valence-corrected chi connectivity index (χ4v) is 1.35. The van der Waals surface area contributed by atoms with E-state index in [1.165, 1.54) is 0 Å². The Hall–Kier alpha value is -0.410. The molecule has 74 valence electrons. The third-order valence-electron chi connectivity index (χ3n) is 1.93. The second-order valence-electron chi connectivity index (χ2n) is 3.19. The first-order valence-corrected chi connectivity index (χ1v) is 5.80. The van der Waals surface area contributed by atoms with Crippen LogP contribution in [0.25, 0.3) is 0 Å². The van der Waals surface area contributed by atoms with Gasteiger partial charge < -0.3 is 9.73 Å². The van der Waals surface area contributed by atoms with Crippen molar-refractivity contribution < 1.29 is 4.42 Å². The first-order valence-electron chi connectivity index (χ1n) is 4.51. The third kappa shape index (κ3) is 3.87. The first-order chi connectivity index (χ1) is 6.22. The van der Waals surface area contributed by atoms with Crippen molar-refractivity contribution in [2.75, 3.05) is 12.8 Å². The normalized spacial score (nSPS) is 13.2. The summed E-state index contributed by atoms with van der Waals surface area (Å²) in [5.41, 5.74) is 0. The Kier molecular flexibility index (Phi) is 4.39. The van der Waals surface area contributed by atoms with Gasteiger partial charge in [0.05, 0.1) is 6.54 Å². The van der Waals surface area contributed by atoms with E-state index in [1.807, 2.05) is 30.8 Å². The molecule has 1 rings (SSSR count). The zero-order valence-corrected chi connectivity index (χ0v) is 9.28. The van der Waals surface area contributed by atoms with Crippen molar-refractivity contribution in [3.63, 3.8) is 0 Å². The fraction of sp³-hybridized carbons (Fsp3) is 0.600. The molecule has 0 aromatic carbocycles. The predicted octanol–water partition coefficient (Wildman–Crippen LogP) is 2.43. The highest BCUT2D eigenvalue weighted by Gasteiger charge is 2.00. The van der Waals surface area contributed by atoms with Crippen molar-refractivity contribution >= 4 is 11.8 Å². The molecule has 0 spiro atoms. The molecule has 0 bridgehead atoms. The van der Waals surface area contributed by atoms with Crippen molar-refractivity contribution in [2.24, 2.45) is 0 Å². The summed E-state index contributed by atoms with van der Waals surface area (Å²) >= 11 is 1.87. The summed E-state index contributed by atoms with van der Waals surface area (Å²) < 4.78 is 5.43. The van der Waals surface area contributed by atoms with Crippen LogP contribution in [0.3, 0.4) is 0 Å². The molecule has 1 atom stereocenters. The second-order valence-corrected chi connectivity index (χ2v) is 4.47. The van der Waals surface area contributed by atoms with Crippen molar-refractivity contribution in [1.82, 2.24) is 5.32 Å². The molecule has 0 saturated carbocycles. The zero-order chi connectivity index (χ0) is 9.68. The van der Waals surface area contributed by atoms with Crippen molar-refractivity contribution in [3.05, 3.63) is 23.7 Å². The van der Waals surface area contributed by atoms with Crippen molar-refractivity contribution in [2.45, 2.75) is 25.6 Å². The SMILES string of the molecule is CSC(C)CNCc1ccc(C)o1. The summed E-state index contributed by atoms with van der Waals surface area (Å²) in [5, 5.41) is 4.01. The van der Waals surface area contributed by atoms with E-state index in [-0.39, 0.29) is 0 Å². The number of hydrogen-bond acceptors (Lipinski definition) is 3. The van der Waals surface area contributed by atoms with Gasteiger partial charge in [-0.05, 0) is 25.3 Å². The van der Waals surface area contributed by atoms with Gasteiger partial charge in [-0.15, -0.1) is 0 Å². The minimum absolute atomic E-state index is 0.663. The van der Waals surface area contributed by atoms with E-state index in [0.717, 1.165) is 24.6 Å². The molecule has 2 nitrogen and oxygen atoms in total. The maximum Gasteiger partial charge on any atom is 0.117 e. The van der Waals surface area contributed by atoms with E-state index in [9.17, 15) is 0 Å². The van der Waals surface area contributed by atoms with E-state index in [1.54, 1.807) is 0 Å². The Balaban J connectivity index is 2.20. The lowest BCUT2D eigenvalue weighted by Gasteiger charge is -2.07.